The molecule has 0 atom stereocenters. The van der Waals surface area contributed by atoms with E-state index in [1.165, 1.54) is 29.8 Å². The smallest absolute Gasteiger partial charge is 0.401 e. The van der Waals surface area contributed by atoms with Crippen LogP contribution in [0.3, 0.4) is 0 Å². The average molecular weight is 442 g/mol. The molecule has 0 radical (unpaired) electrons. The van der Waals surface area contributed by atoms with Crippen molar-refractivity contribution in [1.29, 1.82) is 0 Å². The zero-order valence-corrected chi connectivity index (χ0v) is 15.7. The van der Waals surface area contributed by atoms with E-state index in [-0.39, 0.29) is 23.2 Å². The van der Waals surface area contributed by atoms with Crippen molar-refractivity contribution in [2.45, 2.75) is 13.3 Å². The summed E-state index contributed by atoms with van der Waals surface area (Å²) in [5.41, 5.74) is 2.38. The number of nitrogens with one attached hydrogen (secondary N) is 2. The highest BCUT2D eigenvalue weighted by Crippen LogP contribution is 2.19. The lowest BCUT2D eigenvalue weighted by molar-refractivity contribution is -0.402. The molecule has 12 heteroatoms. The Labute approximate surface area is 159 Å². The largest absolute Gasteiger partial charge is 0.433 e. The summed E-state index contributed by atoms with van der Waals surface area (Å²) >= 11 is 4.30. The molecular weight excluding hydrogens is 430 g/mol. The van der Waals surface area contributed by atoms with Crippen LogP contribution in [0.5, 0.6) is 0 Å². The average Bonchev–Trinajstić information content (AvgIpc) is 3.24. The highest BCUT2D eigenvalue weighted by molar-refractivity contribution is 9.12. The van der Waals surface area contributed by atoms with Crippen LogP contribution in [0.1, 0.15) is 29.6 Å². The first-order valence-corrected chi connectivity index (χ1v) is 8.76. The lowest BCUT2D eigenvalue weighted by Gasteiger charge is -1.97. The first kappa shape index (κ1) is 19.5. The van der Waals surface area contributed by atoms with Gasteiger partial charge in [-0.25, -0.2) is 10.4 Å². The van der Waals surface area contributed by atoms with Crippen LogP contribution in [0.15, 0.2) is 31.5 Å². The van der Waals surface area contributed by atoms with Gasteiger partial charge in [0.1, 0.15) is 16.4 Å². The number of nitro groups is 1. The van der Waals surface area contributed by atoms with E-state index in [0.717, 1.165) is 11.3 Å². The topological polar surface area (TPSA) is 140 Å². The number of hydrogen-bond acceptors (Lipinski definition) is 8. The van der Waals surface area contributed by atoms with Crippen LogP contribution in [0.25, 0.3) is 6.08 Å². The van der Waals surface area contributed by atoms with Crippen LogP contribution in [-0.4, -0.2) is 27.9 Å². The molecule has 2 aromatic rings. The predicted molar refractivity (Wildman–Crippen MR) is 99.3 cm³/mol. The number of furan rings is 1. The maximum absolute atomic E-state index is 11.9. The molecule has 2 aromatic heterocycles. The van der Waals surface area contributed by atoms with Gasteiger partial charge in [0.05, 0.1) is 12.3 Å². The van der Waals surface area contributed by atoms with Crippen molar-refractivity contribution in [3.8, 4) is 0 Å². The van der Waals surface area contributed by atoms with Gasteiger partial charge in [0.2, 0.25) is 5.91 Å². The summed E-state index contributed by atoms with van der Waals surface area (Å²) in [5, 5.41) is 18.6. The maximum Gasteiger partial charge on any atom is 0.433 e. The zero-order valence-electron chi connectivity index (χ0n) is 13.3. The molecule has 2 heterocycles. The van der Waals surface area contributed by atoms with E-state index in [1.807, 2.05) is 0 Å². The van der Waals surface area contributed by atoms with E-state index in [4.69, 9.17) is 4.42 Å². The molecule has 136 valence electrons. The third-order valence-corrected chi connectivity index (χ3v) is 3.92. The monoisotopic (exact) mass is 441 g/mol. The summed E-state index contributed by atoms with van der Waals surface area (Å²) in [5.74, 6) is -0.881. The number of rotatable bonds is 7. The summed E-state index contributed by atoms with van der Waals surface area (Å²) in [6, 6.07) is 2.65. The minimum absolute atomic E-state index is 0.111. The Bertz CT molecular complexity index is 888. The molecule has 0 bridgehead atoms. The lowest BCUT2D eigenvalue weighted by atomic mass is 10.4. The van der Waals surface area contributed by atoms with Gasteiger partial charge in [-0.05, 0) is 28.1 Å². The van der Waals surface area contributed by atoms with Crippen molar-refractivity contribution in [1.82, 2.24) is 10.4 Å². The molecule has 26 heavy (non-hydrogen) atoms. The zero-order chi connectivity index (χ0) is 19.1. The number of aromatic nitrogens is 1. The van der Waals surface area contributed by atoms with E-state index in [9.17, 15) is 19.7 Å². The quantitative estimate of drug-likeness (QED) is 0.384. The molecule has 0 unspecified atom stereocenters. The van der Waals surface area contributed by atoms with Crippen LogP contribution >= 0.6 is 27.3 Å². The SMILES string of the molecule is CCC(=O)Nc1nc(C(=O)NN=CC(Br)=Cc2ccc([N+](=O)[O-])o2)cs1. The Hall–Kier alpha value is -2.86. The summed E-state index contributed by atoms with van der Waals surface area (Å²) in [6.07, 6.45) is 3.03. The second kappa shape index (κ2) is 9.01. The number of halogens is 1. The van der Waals surface area contributed by atoms with Crippen molar-refractivity contribution in [3.63, 3.8) is 0 Å². The molecule has 2 amide bonds. The Morgan fingerprint density at radius 3 is 2.92 bits per heavy atom. The third kappa shape index (κ3) is 5.60. The van der Waals surface area contributed by atoms with E-state index < -0.39 is 10.8 Å². The van der Waals surface area contributed by atoms with Crippen LogP contribution in [-0.2, 0) is 4.79 Å². The maximum atomic E-state index is 11.9. The van der Waals surface area contributed by atoms with Crippen LogP contribution in [0, 0.1) is 10.1 Å². The van der Waals surface area contributed by atoms with Gasteiger partial charge in [-0.2, -0.15) is 5.10 Å². The second-order valence-corrected chi connectivity index (χ2v) is 6.37. The highest BCUT2D eigenvalue weighted by Gasteiger charge is 2.12. The number of hydrogen-bond donors (Lipinski definition) is 2. The van der Waals surface area contributed by atoms with Crippen LogP contribution < -0.4 is 10.7 Å². The van der Waals surface area contributed by atoms with Crippen molar-refractivity contribution >= 4 is 62.4 Å². The third-order valence-electron chi connectivity index (χ3n) is 2.73. The van der Waals surface area contributed by atoms with Gasteiger partial charge in [0.25, 0.3) is 5.91 Å². The molecule has 2 N–H and O–H groups in total. The van der Waals surface area contributed by atoms with Gasteiger partial charge in [0, 0.05) is 16.3 Å². The Balaban J connectivity index is 1.92. The van der Waals surface area contributed by atoms with Crippen LogP contribution in [0.2, 0.25) is 0 Å². The number of hydrazone groups is 1. The molecule has 2 rings (SSSR count). The first-order valence-electron chi connectivity index (χ1n) is 7.09. The fourth-order valence-electron chi connectivity index (χ4n) is 1.54. The van der Waals surface area contributed by atoms with E-state index in [0.29, 0.717) is 16.0 Å². The van der Waals surface area contributed by atoms with Gasteiger partial charge < -0.3 is 9.73 Å². The van der Waals surface area contributed by atoms with Gasteiger partial charge in [0.15, 0.2) is 5.13 Å². The second-order valence-electron chi connectivity index (χ2n) is 4.60. The van der Waals surface area contributed by atoms with E-state index in [1.54, 1.807) is 6.92 Å². The van der Waals surface area contributed by atoms with Crippen molar-refractivity contribution in [2.75, 3.05) is 5.32 Å². The minimum atomic E-state index is -0.648. The summed E-state index contributed by atoms with van der Waals surface area (Å²) in [6.45, 7) is 1.71. The molecule has 0 aromatic carbocycles. The number of thiazole rings is 1. The Kier molecular flexibility index (Phi) is 6.74. The van der Waals surface area contributed by atoms with E-state index >= 15 is 0 Å². The molecule has 0 saturated carbocycles. The molecule has 10 nitrogen and oxygen atoms in total. The number of carbonyl (C=O) groups is 2. The highest BCUT2D eigenvalue weighted by atomic mass is 79.9. The lowest BCUT2D eigenvalue weighted by Crippen LogP contribution is -2.18. The fraction of sp³-hybridized carbons (Fsp3) is 0.143. The fourth-order valence-corrected chi connectivity index (χ4v) is 2.58. The van der Waals surface area contributed by atoms with Crippen molar-refractivity contribution < 1.29 is 18.9 Å². The standard InChI is InChI=1S/C14H12BrN5O5S/c1-2-11(21)18-14-17-10(7-26-14)13(22)19-16-6-8(15)5-9-3-4-12(25-9)20(23)24/h3-7H,2H2,1H3,(H,19,22)(H,17,18,21). The normalized spacial score (nSPS) is 11.5. The number of carbonyl (C=O) groups excluding carboxylic acids is 2. The van der Waals surface area contributed by atoms with Gasteiger partial charge >= 0.3 is 5.88 Å². The number of amides is 2. The van der Waals surface area contributed by atoms with Gasteiger partial charge in [-0.3, -0.25) is 19.7 Å². The van der Waals surface area contributed by atoms with Gasteiger partial charge in [-0.1, -0.05) is 6.92 Å². The van der Waals surface area contributed by atoms with E-state index in [2.05, 4.69) is 36.8 Å². The van der Waals surface area contributed by atoms with Crippen molar-refractivity contribution in [2.24, 2.45) is 5.10 Å². The Morgan fingerprint density at radius 2 is 2.27 bits per heavy atom. The first-order chi connectivity index (χ1) is 12.4. The van der Waals surface area contributed by atoms with Crippen molar-refractivity contribution in [3.05, 3.63) is 43.6 Å². The van der Waals surface area contributed by atoms with Crippen LogP contribution in [0.4, 0.5) is 11.0 Å². The molecule has 0 aliphatic heterocycles. The summed E-state index contributed by atoms with van der Waals surface area (Å²) in [4.78, 5) is 37.0. The molecule has 0 saturated heterocycles. The van der Waals surface area contributed by atoms with Gasteiger partial charge in [-0.15, -0.1) is 11.3 Å². The Morgan fingerprint density at radius 1 is 1.50 bits per heavy atom. The summed E-state index contributed by atoms with van der Waals surface area (Å²) in [7, 11) is 0. The number of allylic oxidation sites excluding steroid dienone is 1. The molecule has 0 spiro atoms. The molecule has 0 fully saturated rings. The number of anilines is 1. The molecular formula is C14H12BrN5O5S. The minimum Gasteiger partial charge on any atom is -0.401 e. The molecule has 0 aliphatic carbocycles. The molecule has 0 aliphatic rings. The predicted octanol–water partition coefficient (Wildman–Crippen LogP) is 3.14. The number of nitrogens with zero attached hydrogens (tertiary/aromatic N) is 3. The summed E-state index contributed by atoms with van der Waals surface area (Å²) < 4.78 is 5.37.